The maximum Gasteiger partial charge on any atom is 0.348 e. The zero-order chi connectivity index (χ0) is 19.3. The lowest BCUT2D eigenvalue weighted by molar-refractivity contribution is -0.119. The summed E-state index contributed by atoms with van der Waals surface area (Å²) in [5.74, 6) is 0.400. The first-order valence-corrected chi connectivity index (χ1v) is 11.9. The summed E-state index contributed by atoms with van der Waals surface area (Å²) in [6.45, 7) is 1.40. The second-order valence-electron chi connectivity index (χ2n) is 8.27. The summed E-state index contributed by atoms with van der Waals surface area (Å²) < 4.78 is 7.58. The number of hydrogen-bond donors (Lipinski definition) is 1. The van der Waals surface area contributed by atoms with Crippen LogP contribution in [0.1, 0.15) is 69.0 Å². The van der Waals surface area contributed by atoms with Gasteiger partial charge in [0.1, 0.15) is 5.03 Å². The molecule has 2 aliphatic carbocycles. The van der Waals surface area contributed by atoms with Crippen LogP contribution in [0, 0.1) is 0 Å². The van der Waals surface area contributed by atoms with Gasteiger partial charge in [0.2, 0.25) is 5.91 Å². The molecule has 1 N–H and O–H groups in total. The van der Waals surface area contributed by atoms with E-state index in [4.69, 9.17) is 4.74 Å². The van der Waals surface area contributed by atoms with Crippen molar-refractivity contribution in [2.75, 3.05) is 12.4 Å². The first-order chi connectivity index (χ1) is 13.7. The van der Waals surface area contributed by atoms with Gasteiger partial charge in [-0.25, -0.2) is 4.79 Å². The Labute approximate surface area is 170 Å². The van der Waals surface area contributed by atoms with Gasteiger partial charge in [0.15, 0.2) is 0 Å². The van der Waals surface area contributed by atoms with Crippen molar-refractivity contribution >= 4 is 17.7 Å². The fourth-order valence-corrected chi connectivity index (χ4v) is 5.59. The van der Waals surface area contributed by atoms with Gasteiger partial charge in [0.05, 0.1) is 18.4 Å². The van der Waals surface area contributed by atoms with E-state index in [9.17, 15) is 9.59 Å². The van der Waals surface area contributed by atoms with Gasteiger partial charge in [-0.2, -0.15) is 4.98 Å². The van der Waals surface area contributed by atoms with Crippen LogP contribution < -0.4 is 11.0 Å². The number of thioether (sulfide) groups is 1. The van der Waals surface area contributed by atoms with E-state index in [1.807, 2.05) is 4.57 Å². The molecule has 28 heavy (non-hydrogen) atoms. The number of rotatable bonds is 6. The fourth-order valence-electron chi connectivity index (χ4n) is 4.70. The lowest BCUT2D eigenvalue weighted by Gasteiger charge is -2.24. The first kappa shape index (κ1) is 20.0. The maximum atomic E-state index is 12.7. The smallest absolute Gasteiger partial charge is 0.348 e. The molecule has 1 aliphatic heterocycles. The molecule has 4 rings (SSSR count). The average Bonchev–Trinajstić information content (AvgIpc) is 3.23. The van der Waals surface area contributed by atoms with Gasteiger partial charge in [-0.3, -0.25) is 9.36 Å². The minimum Gasteiger partial charge on any atom is -0.376 e. The van der Waals surface area contributed by atoms with Crippen molar-refractivity contribution in [2.24, 2.45) is 0 Å². The summed E-state index contributed by atoms with van der Waals surface area (Å²) in [5.41, 5.74) is 2.11. The van der Waals surface area contributed by atoms with Crippen LogP contribution in [0.25, 0.3) is 0 Å². The summed E-state index contributed by atoms with van der Waals surface area (Å²) in [6.07, 6.45) is 12.2. The van der Waals surface area contributed by atoms with Crippen molar-refractivity contribution < 1.29 is 9.53 Å². The minimum atomic E-state index is -0.189. The molecular weight excluding hydrogens is 374 g/mol. The molecule has 1 amide bonds. The van der Waals surface area contributed by atoms with Crippen LogP contribution in [0.4, 0.5) is 0 Å². The van der Waals surface area contributed by atoms with E-state index in [2.05, 4.69) is 10.3 Å². The first-order valence-electron chi connectivity index (χ1n) is 10.9. The lowest BCUT2D eigenvalue weighted by Crippen LogP contribution is -2.37. The molecule has 0 radical (unpaired) electrons. The van der Waals surface area contributed by atoms with E-state index in [1.165, 1.54) is 36.6 Å². The Kier molecular flexibility index (Phi) is 6.73. The highest BCUT2D eigenvalue weighted by Crippen LogP contribution is 2.29. The molecule has 0 bridgehead atoms. The molecule has 0 spiro atoms. The van der Waals surface area contributed by atoms with E-state index in [0.29, 0.717) is 18.3 Å². The van der Waals surface area contributed by atoms with Gasteiger partial charge in [0.25, 0.3) is 0 Å². The molecule has 1 saturated carbocycles. The molecule has 2 fully saturated rings. The normalized spacial score (nSPS) is 22.8. The molecule has 1 atom stereocenters. The average molecular weight is 406 g/mol. The Hall–Kier alpha value is -1.34. The number of nitrogens with one attached hydrogen (secondary N) is 1. The van der Waals surface area contributed by atoms with Gasteiger partial charge in [-0.05, 0) is 51.4 Å². The Morgan fingerprint density at radius 2 is 1.93 bits per heavy atom. The Morgan fingerprint density at radius 1 is 1.11 bits per heavy atom. The second-order valence-corrected chi connectivity index (χ2v) is 9.23. The van der Waals surface area contributed by atoms with Crippen molar-refractivity contribution in [1.29, 1.82) is 0 Å². The van der Waals surface area contributed by atoms with Crippen molar-refractivity contribution in [1.82, 2.24) is 14.9 Å². The SMILES string of the molecule is O=C(CSc1nc(=O)n(C[C@@H]2CCCO2)c2c1CCCC2)NC1CCCCC1. The van der Waals surface area contributed by atoms with Crippen LogP contribution >= 0.6 is 11.8 Å². The van der Waals surface area contributed by atoms with Gasteiger partial charge < -0.3 is 10.1 Å². The van der Waals surface area contributed by atoms with Gasteiger partial charge in [-0.15, -0.1) is 0 Å². The van der Waals surface area contributed by atoms with Gasteiger partial charge >= 0.3 is 5.69 Å². The highest BCUT2D eigenvalue weighted by Gasteiger charge is 2.24. The zero-order valence-corrected chi connectivity index (χ0v) is 17.4. The quantitative estimate of drug-likeness (QED) is 0.582. The van der Waals surface area contributed by atoms with Crippen LogP contribution in [0.3, 0.4) is 0 Å². The number of amides is 1. The molecule has 154 valence electrons. The van der Waals surface area contributed by atoms with Crippen molar-refractivity contribution in [2.45, 2.75) is 94.3 Å². The highest BCUT2D eigenvalue weighted by atomic mass is 32.2. The van der Waals surface area contributed by atoms with E-state index >= 15 is 0 Å². The molecule has 1 aromatic heterocycles. The standard InChI is InChI=1S/C21H31N3O3S/c25-19(22-15-7-2-1-3-8-15)14-28-20-17-10-4-5-11-18(17)24(21(26)23-20)13-16-9-6-12-27-16/h15-16H,1-14H2,(H,22,25)/t16-/m0/s1. The number of carbonyl (C=O) groups is 1. The van der Waals surface area contributed by atoms with Crippen molar-refractivity contribution in [3.63, 3.8) is 0 Å². The maximum absolute atomic E-state index is 12.7. The number of carbonyl (C=O) groups excluding carboxylic acids is 1. The van der Waals surface area contributed by atoms with E-state index < -0.39 is 0 Å². The minimum absolute atomic E-state index is 0.0618. The van der Waals surface area contributed by atoms with E-state index in [0.717, 1.165) is 68.7 Å². The Bertz CT molecular complexity index is 752. The largest absolute Gasteiger partial charge is 0.376 e. The number of aromatic nitrogens is 2. The molecule has 1 aromatic rings. The second kappa shape index (κ2) is 9.44. The number of hydrogen-bond acceptors (Lipinski definition) is 5. The molecule has 3 aliphatic rings. The predicted molar refractivity (Wildman–Crippen MR) is 110 cm³/mol. The molecule has 2 heterocycles. The van der Waals surface area contributed by atoms with Gasteiger partial charge in [0, 0.05) is 23.9 Å². The molecule has 6 nitrogen and oxygen atoms in total. The number of ether oxygens (including phenoxy) is 1. The molecule has 7 heteroatoms. The summed E-state index contributed by atoms with van der Waals surface area (Å²) in [4.78, 5) is 29.5. The predicted octanol–water partition coefficient (Wildman–Crippen LogP) is 2.84. The zero-order valence-electron chi connectivity index (χ0n) is 16.6. The van der Waals surface area contributed by atoms with E-state index in [1.54, 1.807) is 0 Å². The monoisotopic (exact) mass is 405 g/mol. The topological polar surface area (TPSA) is 73.2 Å². The van der Waals surface area contributed by atoms with E-state index in [-0.39, 0.29) is 17.7 Å². The third-order valence-electron chi connectivity index (χ3n) is 6.17. The fraction of sp³-hybridized carbons (Fsp3) is 0.762. The van der Waals surface area contributed by atoms with Crippen LogP contribution in [-0.4, -0.2) is 40.0 Å². The van der Waals surface area contributed by atoms with Crippen LogP contribution in [0.5, 0.6) is 0 Å². The third-order valence-corrected chi connectivity index (χ3v) is 7.19. The molecule has 0 unspecified atom stereocenters. The third kappa shape index (κ3) is 4.79. The van der Waals surface area contributed by atoms with Crippen molar-refractivity contribution in [3.8, 4) is 0 Å². The molecular formula is C21H31N3O3S. The number of fused-ring (bicyclic) bond motifs is 1. The van der Waals surface area contributed by atoms with Gasteiger partial charge in [-0.1, -0.05) is 31.0 Å². The summed E-state index contributed by atoms with van der Waals surface area (Å²) >= 11 is 1.43. The summed E-state index contributed by atoms with van der Waals surface area (Å²) in [5, 5.41) is 3.92. The van der Waals surface area contributed by atoms with Crippen LogP contribution in [0.2, 0.25) is 0 Å². The van der Waals surface area contributed by atoms with Crippen LogP contribution in [-0.2, 0) is 28.9 Å². The van der Waals surface area contributed by atoms with Crippen molar-refractivity contribution in [3.05, 3.63) is 21.7 Å². The van der Waals surface area contributed by atoms with Crippen LogP contribution in [0.15, 0.2) is 9.82 Å². The summed E-state index contributed by atoms with van der Waals surface area (Å²) in [7, 11) is 0. The highest BCUT2D eigenvalue weighted by molar-refractivity contribution is 7.99. The Morgan fingerprint density at radius 3 is 2.71 bits per heavy atom. The Balaban J connectivity index is 1.45. The number of nitrogens with zero attached hydrogens (tertiary/aromatic N) is 2. The molecule has 1 saturated heterocycles. The summed E-state index contributed by atoms with van der Waals surface area (Å²) in [6, 6.07) is 0.322. The lowest BCUT2D eigenvalue weighted by atomic mass is 9.95. The molecule has 0 aromatic carbocycles.